The largest absolute Gasteiger partial charge is 0.369 e. The lowest BCUT2D eigenvalue weighted by Crippen LogP contribution is -2.37. The molecule has 2 saturated heterocycles. The van der Waals surface area contributed by atoms with Crippen LogP contribution in [0.3, 0.4) is 0 Å². The second-order valence-electron chi connectivity index (χ2n) is 15.4. The molecule has 4 aliphatic heterocycles. The highest BCUT2D eigenvalue weighted by molar-refractivity contribution is 7.82. The fraction of sp³-hybridized carbons (Fsp3) is 0.381. The van der Waals surface area contributed by atoms with E-state index in [0.29, 0.717) is 85.7 Å². The Morgan fingerprint density at radius 2 is 1.06 bits per heavy atom. The molecule has 2 unspecified atom stereocenters. The predicted molar refractivity (Wildman–Crippen MR) is 229 cm³/mol. The highest BCUT2D eigenvalue weighted by Gasteiger charge is 2.43. The second-order valence-corrected chi connectivity index (χ2v) is 18.2. The number of amides is 4. The predicted octanol–water partition coefficient (Wildman–Crippen LogP) is -0.865. The summed E-state index contributed by atoms with van der Waals surface area (Å²) in [6.07, 6.45) is 4.85. The SMILES string of the molecule is CN1CC[C@@](O)(C#Cc2cccc(-n3nc(C(N)=O)c4c3CCN(S(C)=O)C4)c2)C1=O.CN1CC[C@@](O)(C#Cc2cccc(-n3nc(C(N)=O)c4c3CCN(S(C)=O)C4)c2)C1=O. The van der Waals surface area contributed by atoms with Gasteiger partial charge >= 0.3 is 0 Å². The smallest absolute Gasteiger partial charge is 0.269 e. The monoisotopic (exact) mass is 882 g/mol. The van der Waals surface area contributed by atoms with Gasteiger partial charge in [0.05, 0.1) is 44.7 Å². The number of benzene rings is 2. The zero-order chi connectivity index (χ0) is 44.7. The van der Waals surface area contributed by atoms with Crippen LogP contribution in [0.2, 0.25) is 0 Å². The molecule has 62 heavy (non-hydrogen) atoms. The second kappa shape index (κ2) is 17.4. The molecular formula is C42H46N10O8S2. The Morgan fingerprint density at radius 1 is 0.677 bits per heavy atom. The van der Waals surface area contributed by atoms with E-state index in [0.717, 1.165) is 11.4 Å². The normalized spacial score (nSPS) is 22.0. The maximum Gasteiger partial charge on any atom is 0.269 e. The van der Waals surface area contributed by atoms with Crippen molar-refractivity contribution in [1.82, 2.24) is 38.0 Å². The first-order chi connectivity index (χ1) is 29.4. The number of nitrogens with zero attached hydrogens (tertiary/aromatic N) is 8. The zero-order valence-corrected chi connectivity index (χ0v) is 36.2. The average molecular weight is 883 g/mol. The van der Waals surface area contributed by atoms with Crippen LogP contribution in [0.25, 0.3) is 11.4 Å². The lowest BCUT2D eigenvalue weighted by atomic mass is 10.0. The molecule has 4 aromatic rings. The van der Waals surface area contributed by atoms with Crippen molar-refractivity contribution < 1.29 is 37.8 Å². The van der Waals surface area contributed by atoms with Crippen molar-refractivity contribution in [3.63, 3.8) is 0 Å². The molecule has 4 atom stereocenters. The number of aromatic nitrogens is 4. The number of nitrogens with two attached hydrogens (primary N) is 2. The summed E-state index contributed by atoms with van der Waals surface area (Å²) >= 11 is 0. The summed E-state index contributed by atoms with van der Waals surface area (Å²) in [5.74, 6) is 9.12. The van der Waals surface area contributed by atoms with Crippen LogP contribution in [0, 0.1) is 23.7 Å². The molecule has 0 radical (unpaired) electrons. The summed E-state index contributed by atoms with van der Waals surface area (Å²) in [7, 11) is 0.944. The molecule has 324 valence electrons. The number of rotatable bonds is 6. The molecule has 18 nitrogen and oxygen atoms in total. The van der Waals surface area contributed by atoms with Gasteiger partial charge in [0, 0.05) is 114 Å². The summed E-state index contributed by atoms with van der Waals surface area (Å²) < 4.78 is 30.6. The summed E-state index contributed by atoms with van der Waals surface area (Å²) in [6.45, 7) is 2.72. The fourth-order valence-corrected chi connectivity index (χ4v) is 9.09. The molecule has 2 fully saturated rings. The van der Waals surface area contributed by atoms with Crippen molar-refractivity contribution in [2.45, 2.75) is 50.0 Å². The third-order valence-corrected chi connectivity index (χ3v) is 13.3. The number of carbonyl (C=O) groups is 4. The molecule has 2 aromatic heterocycles. The topological polar surface area (TPSA) is 244 Å². The van der Waals surface area contributed by atoms with Crippen LogP contribution in [-0.2, 0) is 57.5 Å². The van der Waals surface area contributed by atoms with Gasteiger partial charge in [-0.3, -0.25) is 19.2 Å². The van der Waals surface area contributed by atoms with Gasteiger partial charge in [0.15, 0.2) is 11.4 Å². The van der Waals surface area contributed by atoms with Crippen molar-refractivity contribution in [1.29, 1.82) is 0 Å². The maximum atomic E-state index is 12.1. The van der Waals surface area contributed by atoms with E-state index in [2.05, 4.69) is 33.9 Å². The first kappa shape index (κ1) is 44.1. The first-order valence-electron chi connectivity index (χ1n) is 19.6. The van der Waals surface area contributed by atoms with Gasteiger partial charge in [-0.1, -0.05) is 35.8 Å². The van der Waals surface area contributed by atoms with E-state index in [1.54, 1.807) is 81.0 Å². The lowest BCUT2D eigenvalue weighted by Gasteiger charge is -2.25. The Kier molecular flexibility index (Phi) is 12.4. The number of primary amides is 2. The Morgan fingerprint density at radius 3 is 1.39 bits per heavy atom. The number of likely N-dealkylation sites (tertiary alicyclic amines) is 2. The fourth-order valence-electron chi connectivity index (χ4n) is 7.77. The molecule has 4 amide bonds. The Balaban J connectivity index is 0.000000186. The van der Waals surface area contributed by atoms with Gasteiger partial charge in [-0.15, -0.1) is 0 Å². The van der Waals surface area contributed by atoms with Crippen LogP contribution in [0.15, 0.2) is 48.5 Å². The number of carbonyl (C=O) groups excluding carboxylic acids is 4. The van der Waals surface area contributed by atoms with E-state index in [9.17, 15) is 37.8 Å². The van der Waals surface area contributed by atoms with E-state index < -0.39 is 56.8 Å². The summed E-state index contributed by atoms with van der Waals surface area (Å²) in [4.78, 5) is 51.1. The summed E-state index contributed by atoms with van der Waals surface area (Å²) in [5, 5.41) is 29.9. The molecular weight excluding hydrogens is 837 g/mol. The third-order valence-electron chi connectivity index (χ3n) is 11.3. The van der Waals surface area contributed by atoms with Gasteiger partial charge in [0.25, 0.3) is 23.6 Å². The number of aliphatic hydroxyl groups is 2. The van der Waals surface area contributed by atoms with E-state index in [4.69, 9.17) is 11.5 Å². The van der Waals surface area contributed by atoms with E-state index in [-0.39, 0.29) is 24.2 Å². The van der Waals surface area contributed by atoms with Gasteiger partial charge in [-0.25, -0.2) is 26.4 Å². The van der Waals surface area contributed by atoms with Crippen molar-refractivity contribution >= 4 is 45.6 Å². The molecule has 4 aliphatic rings. The minimum atomic E-state index is -1.67. The van der Waals surface area contributed by atoms with Gasteiger partial charge in [-0.05, 0) is 36.4 Å². The molecule has 0 bridgehead atoms. The number of hydrogen-bond donors (Lipinski definition) is 4. The molecule has 20 heteroatoms. The van der Waals surface area contributed by atoms with Crippen LogP contribution in [-0.4, -0.2) is 144 Å². The van der Waals surface area contributed by atoms with Crippen molar-refractivity contribution in [3.05, 3.63) is 93.6 Å². The quantitative estimate of drug-likeness (QED) is 0.175. The Labute approximate surface area is 363 Å². The highest BCUT2D eigenvalue weighted by Crippen LogP contribution is 2.29. The molecule has 8 rings (SSSR count). The number of likely N-dealkylation sites (N-methyl/N-ethyl adjacent to an activating group) is 2. The van der Waals surface area contributed by atoms with Crippen LogP contribution in [0.1, 0.15) is 67.5 Å². The van der Waals surface area contributed by atoms with Crippen LogP contribution in [0.4, 0.5) is 0 Å². The Hall–Kier alpha value is -6.00. The van der Waals surface area contributed by atoms with E-state index in [1.807, 2.05) is 12.1 Å². The minimum absolute atomic E-state index is 0.163. The molecule has 6 N–H and O–H groups in total. The third kappa shape index (κ3) is 8.71. The van der Waals surface area contributed by atoms with Gasteiger partial charge < -0.3 is 31.5 Å². The summed E-state index contributed by atoms with van der Waals surface area (Å²) in [6, 6.07) is 14.4. The van der Waals surface area contributed by atoms with Crippen molar-refractivity contribution in [2.75, 3.05) is 52.8 Å². The molecule has 0 spiro atoms. The van der Waals surface area contributed by atoms with Crippen molar-refractivity contribution in [2.24, 2.45) is 11.5 Å². The zero-order valence-electron chi connectivity index (χ0n) is 34.6. The average Bonchev–Trinajstić information content (AvgIpc) is 3.98. The van der Waals surface area contributed by atoms with E-state index in [1.165, 1.54) is 9.80 Å². The van der Waals surface area contributed by atoms with Crippen LogP contribution in [0.5, 0.6) is 0 Å². The maximum absolute atomic E-state index is 12.1. The first-order valence-corrected chi connectivity index (χ1v) is 22.6. The van der Waals surface area contributed by atoms with Crippen molar-refractivity contribution in [3.8, 4) is 35.1 Å². The summed E-state index contributed by atoms with van der Waals surface area (Å²) in [5.41, 5.74) is 13.7. The highest BCUT2D eigenvalue weighted by atomic mass is 32.2. The molecule has 6 heterocycles. The van der Waals surface area contributed by atoms with Gasteiger partial charge in [0.1, 0.15) is 0 Å². The minimum Gasteiger partial charge on any atom is -0.369 e. The van der Waals surface area contributed by atoms with Crippen LogP contribution < -0.4 is 11.5 Å². The number of hydrogen-bond acceptors (Lipinski definition) is 10. The van der Waals surface area contributed by atoms with Crippen LogP contribution >= 0.6 is 0 Å². The van der Waals surface area contributed by atoms with Gasteiger partial charge in [0.2, 0.25) is 11.2 Å². The molecule has 2 aromatic carbocycles. The van der Waals surface area contributed by atoms with E-state index >= 15 is 0 Å². The molecule has 0 saturated carbocycles. The molecule has 0 aliphatic carbocycles. The Bertz CT molecular complexity index is 2510. The number of fused-ring (bicyclic) bond motifs is 2. The van der Waals surface area contributed by atoms with Gasteiger partial charge in [-0.2, -0.15) is 10.2 Å². The lowest BCUT2D eigenvalue weighted by molar-refractivity contribution is -0.138. The standard InChI is InChI=1S/2C21H23N5O4S/c2*1-24-11-9-21(29,20(24)28)8-6-14-4-3-5-15(12-14)26-17-7-10-25(31(2)30)13-16(17)18(23-26)19(22)27/h2*3-5,12,29H,7,9-11,13H2,1-2H3,(H2,22,27)/t2*21-,31?/m00/s1.